The van der Waals surface area contributed by atoms with Crippen molar-refractivity contribution in [1.82, 2.24) is 10.6 Å². The first-order valence-corrected chi connectivity index (χ1v) is 8.98. The van der Waals surface area contributed by atoms with Crippen LogP contribution in [0.25, 0.3) is 0 Å². The topological polar surface area (TPSA) is 84.5 Å². The third-order valence-electron chi connectivity index (χ3n) is 3.78. The summed E-state index contributed by atoms with van der Waals surface area (Å²) in [6, 6.07) is 12.0. The first-order chi connectivity index (χ1) is 13.3. The Morgan fingerprint density at radius 3 is 2.32 bits per heavy atom. The highest BCUT2D eigenvalue weighted by atomic mass is 35.5. The van der Waals surface area contributed by atoms with Gasteiger partial charge in [-0.2, -0.15) is 0 Å². The lowest BCUT2D eigenvalue weighted by molar-refractivity contribution is -0.154. The van der Waals surface area contributed by atoms with E-state index in [0.717, 1.165) is 5.56 Å². The third-order valence-corrected chi connectivity index (χ3v) is 4.03. The molecule has 148 valence electrons. The number of hydrogen-bond acceptors (Lipinski definition) is 4. The van der Waals surface area contributed by atoms with Crippen LogP contribution in [0, 0.1) is 5.82 Å². The molecule has 0 aliphatic heterocycles. The number of halogens is 2. The van der Waals surface area contributed by atoms with Crippen molar-refractivity contribution < 1.29 is 23.5 Å². The minimum absolute atomic E-state index is 0.0736. The molecule has 0 saturated carbocycles. The number of esters is 1. The van der Waals surface area contributed by atoms with Crippen molar-refractivity contribution in [3.8, 4) is 0 Å². The average Bonchev–Trinajstić information content (AvgIpc) is 2.67. The molecule has 0 heterocycles. The molecule has 0 spiro atoms. The van der Waals surface area contributed by atoms with Crippen molar-refractivity contribution in [3.63, 3.8) is 0 Å². The van der Waals surface area contributed by atoms with Crippen LogP contribution in [0.15, 0.2) is 48.5 Å². The molecule has 6 nitrogen and oxygen atoms in total. The first kappa shape index (κ1) is 21.4. The van der Waals surface area contributed by atoms with Gasteiger partial charge < -0.3 is 15.4 Å². The summed E-state index contributed by atoms with van der Waals surface area (Å²) in [4.78, 5) is 35.7. The van der Waals surface area contributed by atoms with Gasteiger partial charge in [-0.3, -0.25) is 14.4 Å². The summed E-state index contributed by atoms with van der Waals surface area (Å²) >= 11 is 5.76. The molecule has 0 aliphatic rings. The summed E-state index contributed by atoms with van der Waals surface area (Å²) < 4.78 is 17.9. The number of ether oxygens (including phenoxy) is 1. The maximum Gasteiger partial charge on any atom is 0.308 e. The lowest BCUT2D eigenvalue weighted by atomic mass is 10.2. The lowest BCUT2D eigenvalue weighted by Crippen LogP contribution is -2.36. The van der Waals surface area contributed by atoms with Crippen molar-refractivity contribution in [2.24, 2.45) is 0 Å². The van der Waals surface area contributed by atoms with Crippen molar-refractivity contribution in [3.05, 3.63) is 70.5 Å². The fourth-order valence-electron chi connectivity index (χ4n) is 2.23. The molecule has 1 atom stereocenters. The Kier molecular flexibility index (Phi) is 7.95. The second kappa shape index (κ2) is 10.4. The van der Waals surface area contributed by atoms with Crippen LogP contribution in [0.1, 0.15) is 29.3 Å². The summed E-state index contributed by atoms with van der Waals surface area (Å²) in [6.07, 6.45) is -1.06. The number of nitrogens with one attached hydrogen (secondary N) is 2. The molecule has 2 amide bonds. The maximum absolute atomic E-state index is 12.8. The van der Waals surface area contributed by atoms with E-state index in [1.165, 1.54) is 19.1 Å². The monoisotopic (exact) mass is 406 g/mol. The Balaban J connectivity index is 1.68. The second-order valence-electron chi connectivity index (χ2n) is 5.99. The molecule has 2 N–H and O–H groups in total. The molecular weight excluding hydrogens is 387 g/mol. The maximum atomic E-state index is 12.8. The van der Waals surface area contributed by atoms with E-state index >= 15 is 0 Å². The van der Waals surface area contributed by atoms with Crippen LogP contribution in [0.2, 0.25) is 5.02 Å². The van der Waals surface area contributed by atoms with Gasteiger partial charge in [-0.25, -0.2) is 4.39 Å². The highest BCUT2D eigenvalue weighted by molar-refractivity contribution is 6.30. The number of rotatable bonds is 8. The normalized spacial score (nSPS) is 11.4. The molecular formula is C20H20ClFN2O4. The number of amides is 2. The number of benzene rings is 2. The number of carbonyl (C=O) groups excluding carboxylic acids is 3. The van der Waals surface area contributed by atoms with Crippen molar-refractivity contribution in [2.75, 3.05) is 6.54 Å². The van der Waals surface area contributed by atoms with E-state index in [-0.39, 0.29) is 31.2 Å². The molecule has 2 rings (SSSR count). The van der Waals surface area contributed by atoms with Gasteiger partial charge in [0.15, 0.2) is 6.10 Å². The highest BCUT2D eigenvalue weighted by Gasteiger charge is 2.17. The van der Waals surface area contributed by atoms with Gasteiger partial charge in [0.2, 0.25) is 0 Å². The molecule has 8 heteroatoms. The number of hydrogen-bond donors (Lipinski definition) is 2. The van der Waals surface area contributed by atoms with Crippen molar-refractivity contribution in [1.29, 1.82) is 0 Å². The van der Waals surface area contributed by atoms with Gasteiger partial charge in [-0.15, -0.1) is 0 Å². The zero-order chi connectivity index (χ0) is 20.5. The van der Waals surface area contributed by atoms with E-state index in [1.807, 2.05) is 0 Å². The smallest absolute Gasteiger partial charge is 0.308 e. The second-order valence-corrected chi connectivity index (χ2v) is 6.43. The molecule has 2 aromatic rings. The van der Waals surface area contributed by atoms with Crippen LogP contribution in [0.5, 0.6) is 0 Å². The van der Waals surface area contributed by atoms with Crippen LogP contribution in [-0.2, 0) is 20.9 Å². The molecule has 0 saturated heterocycles. The molecule has 0 bridgehead atoms. The van der Waals surface area contributed by atoms with Crippen LogP contribution in [0.4, 0.5) is 4.39 Å². The predicted octanol–water partition coefficient (Wildman–Crippen LogP) is 2.85. The van der Waals surface area contributed by atoms with Gasteiger partial charge in [0.25, 0.3) is 11.8 Å². The van der Waals surface area contributed by atoms with Gasteiger partial charge in [0.05, 0.1) is 6.42 Å². The van der Waals surface area contributed by atoms with E-state index < -0.39 is 18.0 Å². The SMILES string of the molecule is CC(OC(=O)CCNC(=O)c1ccc(Cl)cc1)C(=O)NCc1ccc(F)cc1. The van der Waals surface area contributed by atoms with E-state index in [2.05, 4.69) is 10.6 Å². The summed E-state index contributed by atoms with van der Waals surface area (Å²) in [5.74, 6) is -1.78. The Morgan fingerprint density at radius 2 is 1.68 bits per heavy atom. The Morgan fingerprint density at radius 1 is 1.04 bits per heavy atom. The Hall–Kier alpha value is -2.93. The summed E-state index contributed by atoms with van der Waals surface area (Å²) in [6.45, 7) is 1.71. The first-order valence-electron chi connectivity index (χ1n) is 8.60. The zero-order valence-corrected chi connectivity index (χ0v) is 16.0. The standard InChI is InChI=1S/C20H20ClFN2O4/c1-13(19(26)24-12-14-2-8-17(22)9-3-14)28-18(25)10-11-23-20(27)15-4-6-16(21)7-5-15/h2-9,13H,10-12H2,1H3,(H,23,27)(H,24,26). The highest BCUT2D eigenvalue weighted by Crippen LogP contribution is 2.09. The molecule has 2 aromatic carbocycles. The largest absolute Gasteiger partial charge is 0.452 e. The van der Waals surface area contributed by atoms with Gasteiger partial charge in [0.1, 0.15) is 5.82 Å². The minimum Gasteiger partial charge on any atom is -0.452 e. The van der Waals surface area contributed by atoms with E-state index in [4.69, 9.17) is 16.3 Å². The van der Waals surface area contributed by atoms with Crippen LogP contribution in [0.3, 0.4) is 0 Å². The zero-order valence-electron chi connectivity index (χ0n) is 15.2. The van der Waals surface area contributed by atoms with Gasteiger partial charge in [-0.05, 0) is 48.9 Å². The van der Waals surface area contributed by atoms with Gasteiger partial charge in [0, 0.05) is 23.7 Å². The number of carbonyl (C=O) groups is 3. The Bertz CT molecular complexity index is 825. The summed E-state index contributed by atoms with van der Waals surface area (Å²) in [7, 11) is 0. The molecule has 0 aliphatic carbocycles. The molecule has 1 unspecified atom stereocenters. The Labute approximate surface area is 167 Å². The lowest BCUT2D eigenvalue weighted by Gasteiger charge is -2.14. The minimum atomic E-state index is -0.986. The average molecular weight is 407 g/mol. The summed E-state index contributed by atoms with van der Waals surface area (Å²) in [5, 5.41) is 5.71. The molecule has 0 radical (unpaired) electrons. The van der Waals surface area contributed by atoms with E-state index in [0.29, 0.717) is 10.6 Å². The van der Waals surface area contributed by atoms with Crippen molar-refractivity contribution >= 4 is 29.4 Å². The predicted molar refractivity (Wildman–Crippen MR) is 102 cm³/mol. The van der Waals surface area contributed by atoms with E-state index in [1.54, 1.807) is 36.4 Å². The van der Waals surface area contributed by atoms with Gasteiger partial charge in [-0.1, -0.05) is 23.7 Å². The fraction of sp³-hybridized carbons (Fsp3) is 0.250. The van der Waals surface area contributed by atoms with Crippen LogP contribution in [-0.4, -0.2) is 30.4 Å². The molecule has 0 aromatic heterocycles. The van der Waals surface area contributed by atoms with E-state index in [9.17, 15) is 18.8 Å². The van der Waals surface area contributed by atoms with Crippen LogP contribution >= 0.6 is 11.6 Å². The molecule has 0 fully saturated rings. The van der Waals surface area contributed by atoms with Crippen LogP contribution < -0.4 is 10.6 Å². The van der Waals surface area contributed by atoms with Crippen molar-refractivity contribution in [2.45, 2.75) is 26.0 Å². The molecule has 28 heavy (non-hydrogen) atoms. The summed E-state index contributed by atoms with van der Waals surface area (Å²) in [5.41, 5.74) is 1.14. The van der Waals surface area contributed by atoms with Gasteiger partial charge >= 0.3 is 5.97 Å². The fourth-order valence-corrected chi connectivity index (χ4v) is 2.35. The third kappa shape index (κ3) is 7.00. The quantitative estimate of drug-likeness (QED) is 0.660.